The summed E-state index contributed by atoms with van der Waals surface area (Å²) in [5.41, 5.74) is 0.147. The molecule has 1 aliphatic heterocycles. The Morgan fingerprint density at radius 3 is 2.50 bits per heavy atom. The molecule has 0 atom stereocenters. The fraction of sp³-hybridized carbons (Fsp3) is 0.333. The number of carbonyl (C=O) groups is 4. The lowest BCUT2D eigenvalue weighted by molar-refractivity contribution is -0.139. The summed E-state index contributed by atoms with van der Waals surface area (Å²) in [4.78, 5) is 49.7. The minimum Gasteiger partial charge on any atom is -0.493 e. The van der Waals surface area contributed by atoms with E-state index in [0.29, 0.717) is 12.0 Å². The van der Waals surface area contributed by atoms with Crippen molar-refractivity contribution in [1.82, 2.24) is 9.80 Å². The summed E-state index contributed by atoms with van der Waals surface area (Å²) in [6, 6.07) is 2.16. The number of ether oxygens (including phenoxy) is 2. The van der Waals surface area contributed by atoms with Gasteiger partial charge in [0.1, 0.15) is 5.57 Å². The van der Waals surface area contributed by atoms with Crippen LogP contribution in [0.5, 0.6) is 11.5 Å². The minimum atomic E-state index is -1.19. The normalized spacial score (nSPS) is 16.0. The van der Waals surface area contributed by atoms with E-state index in [4.69, 9.17) is 26.2 Å². The zero-order valence-corrected chi connectivity index (χ0v) is 16.3. The first-order valence-electron chi connectivity index (χ1n) is 8.28. The summed E-state index contributed by atoms with van der Waals surface area (Å²) in [5.74, 6) is -2.47. The molecule has 9 nitrogen and oxygen atoms in total. The molecule has 0 bridgehead atoms. The van der Waals surface area contributed by atoms with Crippen LogP contribution in [0.1, 0.15) is 18.9 Å². The third-order valence-corrected chi connectivity index (χ3v) is 4.16. The molecular formula is C18H19ClN2O7. The number of imide groups is 2. The fourth-order valence-electron chi connectivity index (χ4n) is 2.58. The highest BCUT2D eigenvalue weighted by atomic mass is 35.5. The average Bonchev–Trinajstić information content (AvgIpc) is 2.65. The number of halogens is 1. The van der Waals surface area contributed by atoms with Crippen molar-refractivity contribution in [3.8, 4) is 11.5 Å². The molecule has 0 aromatic heterocycles. The molecule has 1 aromatic carbocycles. The lowest BCUT2D eigenvalue weighted by atomic mass is 10.1. The van der Waals surface area contributed by atoms with Crippen molar-refractivity contribution >= 4 is 41.5 Å². The van der Waals surface area contributed by atoms with E-state index < -0.39 is 30.4 Å². The Hall–Kier alpha value is -3.07. The van der Waals surface area contributed by atoms with Gasteiger partial charge in [-0.2, -0.15) is 0 Å². The highest BCUT2D eigenvalue weighted by Crippen LogP contribution is 2.37. The van der Waals surface area contributed by atoms with Gasteiger partial charge in [0.2, 0.25) is 0 Å². The summed E-state index contributed by atoms with van der Waals surface area (Å²) >= 11 is 6.15. The second kappa shape index (κ2) is 8.75. The first kappa shape index (κ1) is 21.2. The molecule has 1 heterocycles. The van der Waals surface area contributed by atoms with E-state index in [2.05, 4.69) is 0 Å². The van der Waals surface area contributed by atoms with Gasteiger partial charge in [0, 0.05) is 13.6 Å². The predicted molar refractivity (Wildman–Crippen MR) is 99.3 cm³/mol. The molecule has 0 unspecified atom stereocenters. The molecule has 1 N–H and O–H groups in total. The van der Waals surface area contributed by atoms with Crippen molar-refractivity contribution in [1.29, 1.82) is 0 Å². The van der Waals surface area contributed by atoms with Crippen LogP contribution in [-0.2, 0) is 14.4 Å². The Bertz CT molecular complexity index is 866. The zero-order chi connectivity index (χ0) is 21.0. The molecule has 1 saturated heterocycles. The molecule has 0 radical (unpaired) electrons. The number of carboxylic acid groups (broad SMARTS) is 1. The number of amides is 4. The Labute approximate surface area is 166 Å². The van der Waals surface area contributed by atoms with Gasteiger partial charge < -0.3 is 14.6 Å². The number of rotatable bonds is 7. The number of barbiturate groups is 1. The van der Waals surface area contributed by atoms with Crippen molar-refractivity contribution in [2.24, 2.45) is 0 Å². The second-order valence-electron chi connectivity index (χ2n) is 5.88. The Kier molecular flexibility index (Phi) is 6.63. The summed E-state index contributed by atoms with van der Waals surface area (Å²) in [5, 5.41) is 8.78. The Morgan fingerprint density at radius 1 is 1.25 bits per heavy atom. The van der Waals surface area contributed by atoms with E-state index in [-0.39, 0.29) is 28.6 Å². The molecule has 28 heavy (non-hydrogen) atoms. The molecule has 1 aromatic rings. The maximum atomic E-state index is 12.6. The van der Waals surface area contributed by atoms with Gasteiger partial charge in [0.25, 0.3) is 11.8 Å². The van der Waals surface area contributed by atoms with Crippen LogP contribution < -0.4 is 9.47 Å². The average molecular weight is 411 g/mol. The molecule has 150 valence electrons. The fourth-order valence-corrected chi connectivity index (χ4v) is 2.85. The van der Waals surface area contributed by atoms with E-state index in [1.165, 1.54) is 32.4 Å². The second-order valence-corrected chi connectivity index (χ2v) is 6.29. The standard InChI is InChI=1S/C18H19ClN2O7/c1-4-5-21-17(25)11(16(24)20(2)18(21)26)6-10-7-12(19)15(13(8-10)27-3)28-9-14(22)23/h6-8H,4-5,9H2,1-3H3,(H,22,23). The monoisotopic (exact) mass is 410 g/mol. The molecule has 10 heteroatoms. The number of hydrogen-bond acceptors (Lipinski definition) is 6. The van der Waals surface area contributed by atoms with Crippen LogP contribution in [-0.4, -0.2) is 66.0 Å². The maximum absolute atomic E-state index is 12.6. The van der Waals surface area contributed by atoms with E-state index in [0.717, 1.165) is 9.80 Å². The topological polar surface area (TPSA) is 113 Å². The summed E-state index contributed by atoms with van der Waals surface area (Å²) in [6.07, 6.45) is 1.84. The number of carboxylic acids is 1. The van der Waals surface area contributed by atoms with Gasteiger partial charge in [-0.3, -0.25) is 19.4 Å². The van der Waals surface area contributed by atoms with Crippen LogP contribution in [0, 0.1) is 0 Å². The summed E-state index contributed by atoms with van der Waals surface area (Å²) in [7, 11) is 2.63. The molecule has 0 saturated carbocycles. The van der Waals surface area contributed by atoms with Gasteiger partial charge in [-0.1, -0.05) is 18.5 Å². The molecule has 2 rings (SSSR count). The van der Waals surface area contributed by atoms with E-state index in [9.17, 15) is 19.2 Å². The minimum absolute atomic E-state index is 0.0231. The largest absolute Gasteiger partial charge is 0.493 e. The highest BCUT2D eigenvalue weighted by Gasteiger charge is 2.39. The van der Waals surface area contributed by atoms with Crippen molar-refractivity contribution in [3.05, 3.63) is 28.3 Å². The number of carbonyl (C=O) groups excluding carboxylic acids is 3. The molecule has 0 spiro atoms. The van der Waals surface area contributed by atoms with Crippen LogP contribution in [0.25, 0.3) is 6.08 Å². The Balaban J connectivity index is 2.46. The molecule has 1 fully saturated rings. The van der Waals surface area contributed by atoms with Gasteiger partial charge in [0.05, 0.1) is 12.1 Å². The predicted octanol–water partition coefficient (Wildman–Crippen LogP) is 2.03. The van der Waals surface area contributed by atoms with E-state index in [1.54, 1.807) is 6.92 Å². The van der Waals surface area contributed by atoms with Gasteiger partial charge in [-0.05, 0) is 30.2 Å². The Morgan fingerprint density at radius 2 is 1.93 bits per heavy atom. The van der Waals surface area contributed by atoms with Gasteiger partial charge in [0.15, 0.2) is 18.1 Å². The first-order valence-corrected chi connectivity index (χ1v) is 8.66. The van der Waals surface area contributed by atoms with Gasteiger partial charge >= 0.3 is 12.0 Å². The summed E-state index contributed by atoms with van der Waals surface area (Å²) in [6.45, 7) is 1.37. The lowest BCUT2D eigenvalue weighted by Crippen LogP contribution is -2.54. The SMILES string of the molecule is CCCN1C(=O)C(=Cc2cc(Cl)c(OCC(=O)O)c(OC)c2)C(=O)N(C)C1=O. The van der Waals surface area contributed by atoms with E-state index >= 15 is 0 Å². The quantitative estimate of drug-likeness (QED) is 0.540. The number of urea groups is 1. The summed E-state index contributed by atoms with van der Waals surface area (Å²) < 4.78 is 10.3. The third kappa shape index (κ3) is 4.25. The molecular weight excluding hydrogens is 392 g/mol. The number of methoxy groups -OCH3 is 1. The molecule has 0 aliphatic carbocycles. The third-order valence-electron chi connectivity index (χ3n) is 3.88. The lowest BCUT2D eigenvalue weighted by Gasteiger charge is -2.31. The van der Waals surface area contributed by atoms with Crippen molar-refractivity contribution in [2.45, 2.75) is 13.3 Å². The number of likely N-dealkylation sites (N-methyl/N-ethyl adjacent to an activating group) is 1. The molecule has 1 aliphatic rings. The van der Waals surface area contributed by atoms with Crippen LogP contribution in [0.15, 0.2) is 17.7 Å². The van der Waals surface area contributed by atoms with Gasteiger partial charge in [-0.15, -0.1) is 0 Å². The highest BCUT2D eigenvalue weighted by molar-refractivity contribution is 6.33. The number of nitrogens with zero attached hydrogens (tertiary/aromatic N) is 2. The number of benzene rings is 1. The number of aliphatic carboxylic acids is 1. The zero-order valence-electron chi connectivity index (χ0n) is 15.5. The first-order chi connectivity index (χ1) is 13.2. The number of hydrogen-bond donors (Lipinski definition) is 1. The van der Waals surface area contributed by atoms with Crippen LogP contribution in [0.3, 0.4) is 0 Å². The van der Waals surface area contributed by atoms with Crippen molar-refractivity contribution in [2.75, 3.05) is 27.3 Å². The van der Waals surface area contributed by atoms with Crippen LogP contribution >= 0.6 is 11.6 Å². The maximum Gasteiger partial charge on any atom is 0.341 e. The molecule has 4 amide bonds. The van der Waals surface area contributed by atoms with Gasteiger partial charge in [-0.25, -0.2) is 9.59 Å². The van der Waals surface area contributed by atoms with Crippen LogP contribution in [0.2, 0.25) is 5.02 Å². The van der Waals surface area contributed by atoms with Crippen LogP contribution in [0.4, 0.5) is 4.79 Å². The smallest absolute Gasteiger partial charge is 0.341 e. The van der Waals surface area contributed by atoms with Crippen molar-refractivity contribution < 1.29 is 33.8 Å². The van der Waals surface area contributed by atoms with E-state index in [1.807, 2.05) is 0 Å². The van der Waals surface area contributed by atoms with Crippen molar-refractivity contribution in [3.63, 3.8) is 0 Å².